The van der Waals surface area contributed by atoms with E-state index in [0.717, 1.165) is 41.9 Å². The van der Waals surface area contributed by atoms with Crippen molar-refractivity contribution in [2.45, 2.75) is 50.6 Å². The van der Waals surface area contributed by atoms with Crippen molar-refractivity contribution in [1.82, 2.24) is 9.80 Å². The predicted molar refractivity (Wildman–Crippen MR) is 103 cm³/mol. The first-order valence-electron chi connectivity index (χ1n) is 9.73. The van der Waals surface area contributed by atoms with Crippen LogP contribution < -0.4 is 0 Å². The lowest BCUT2D eigenvalue weighted by Gasteiger charge is -2.32. The Bertz CT molecular complexity index is 745. The number of rotatable bonds is 3. The van der Waals surface area contributed by atoms with Gasteiger partial charge in [0.2, 0.25) is 0 Å². The number of carbonyl (C=O) groups excluding carboxylic acids is 1. The Kier molecular flexibility index (Phi) is 4.76. The number of nitrogens with zero attached hydrogens (tertiary/aromatic N) is 2. The zero-order valence-corrected chi connectivity index (χ0v) is 15.2. The summed E-state index contributed by atoms with van der Waals surface area (Å²) >= 11 is 0. The first-order chi connectivity index (χ1) is 12.2. The van der Waals surface area contributed by atoms with E-state index in [1.165, 1.54) is 32.1 Å². The van der Waals surface area contributed by atoms with Crippen LogP contribution in [0.2, 0.25) is 0 Å². The first-order valence-corrected chi connectivity index (χ1v) is 9.73. The minimum Gasteiger partial charge on any atom is -0.337 e. The van der Waals surface area contributed by atoms with E-state index >= 15 is 0 Å². The maximum atomic E-state index is 13.1. The lowest BCUT2D eigenvalue weighted by Crippen LogP contribution is -2.41. The second-order valence-corrected chi connectivity index (χ2v) is 7.67. The van der Waals surface area contributed by atoms with Crippen LogP contribution in [0.3, 0.4) is 0 Å². The minimum atomic E-state index is 0.160. The second kappa shape index (κ2) is 7.17. The number of benzene rings is 2. The Hall–Kier alpha value is -1.87. The van der Waals surface area contributed by atoms with Crippen LogP contribution in [0.4, 0.5) is 0 Å². The SMILES string of the molecule is CN(C(=O)c1cccc2ccccc12)C1CCN(C2CCCCC2)C1. The molecule has 0 bridgehead atoms. The summed E-state index contributed by atoms with van der Waals surface area (Å²) in [7, 11) is 1.99. The van der Waals surface area contributed by atoms with E-state index in [1.807, 2.05) is 36.2 Å². The van der Waals surface area contributed by atoms with Gasteiger partial charge in [-0.1, -0.05) is 55.7 Å². The fraction of sp³-hybridized carbons (Fsp3) is 0.500. The van der Waals surface area contributed by atoms with Gasteiger partial charge in [0.25, 0.3) is 5.91 Å². The van der Waals surface area contributed by atoms with E-state index in [1.54, 1.807) is 0 Å². The van der Waals surface area contributed by atoms with E-state index in [2.05, 4.69) is 23.1 Å². The topological polar surface area (TPSA) is 23.6 Å². The number of fused-ring (bicyclic) bond motifs is 1. The van der Waals surface area contributed by atoms with Crippen molar-refractivity contribution < 1.29 is 4.79 Å². The van der Waals surface area contributed by atoms with Crippen molar-refractivity contribution in [3.05, 3.63) is 48.0 Å². The number of hydrogen-bond acceptors (Lipinski definition) is 2. The second-order valence-electron chi connectivity index (χ2n) is 7.67. The summed E-state index contributed by atoms with van der Waals surface area (Å²) in [4.78, 5) is 17.8. The van der Waals surface area contributed by atoms with Gasteiger partial charge in [0.1, 0.15) is 0 Å². The average molecular weight is 336 g/mol. The molecule has 0 N–H and O–H groups in total. The molecule has 132 valence electrons. The Morgan fingerprint density at radius 1 is 1.00 bits per heavy atom. The van der Waals surface area contributed by atoms with Gasteiger partial charge in [-0.15, -0.1) is 0 Å². The van der Waals surface area contributed by atoms with Crippen LogP contribution in [0, 0.1) is 0 Å². The molecule has 1 saturated heterocycles. The van der Waals surface area contributed by atoms with Crippen molar-refractivity contribution in [2.75, 3.05) is 20.1 Å². The van der Waals surface area contributed by atoms with E-state index in [9.17, 15) is 4.79 Å². The number of hydrogen-bond donors (Lipinski definition) is 0. The summed E-state index contributed by atoms with van der Waals surface area (Å²) in [6.45, 7) is 2.18. The summed E-state index contributed by atoms with van der Waals surface area (Å²) in [5.74, 6) is 0.160. The Morgan fingerprint density at radius 3 is 2.60 bits per heavy atom. The highest BCUT2D eigenvalue weighted by atomic mass is 16.2. The molecule has 3 nitrogen and oxygen atoms in total. The van der Waals surface area contributed by atoms with Crippen LogP contribution in [-0.4, -0.2) is 47.9 Å². The van der Waals surface area contributed by atoms with Gasteiger partial charge in [-0.3, -0.25) is 9.69 Å². The lowest BCUT2D eigenvalue weighted by atomic mass is 9.94. The van der Waals surface area contributed by atoms with Gasteiger partial charge in [0, 0.05) is 37.8 Å². The summed E-state index contributed by atoms with van der Waals surface area (Å²) in [5, 5.41) is 2.20. The summed E-state index contributed by atoms with van der Waals surface area (Å²) < 4.78 is 0. The van der Waals surface area contributed by atoms with Gasteiger partial charge in [-0.2, -0.15) is 0 Å². The molecule has 0 spiro atoms. The Morgan fingerprint density at radius 2 is 1.76 bits per heavy atom. The molecule has 3 heteroatoms. The van der Waals surface area contributed by atoms with Crippen LogP contribution in [0.5, 0.6) is 0 Å². The highest BCUT2D eigenvalue weighted by Gasteiger charge is 2.33. The van der Waals surface area contributed by atoms with Crippen molar-refractivity contribution in [1.29, 1.82) is 0 Å². The summed E-state index contributed by atoms with van der Waals surface area (Å²) in [5.41, 5.74) is 0.830. The molecule has 2 aromatic carbocycles. The van der Waals surface area contributed by atoms with Gasteiger partial charge in [-0.25, -0.2) is 0 Å². The molecule has 1 aliphatic heterocycles. The molecule has 1 saturated carbocycles. The molecule has 1 atom stereocenters. The minimum absolute atomic E-state index is 0.160. The molecular weight excluding hydrogens is 308 g/mol. The highest BCUT2D eigenvalue weighted by molar-refractivity contribution is 6.07. The Balaban J connectivity index is 1.49. The summed E-state index contributed by atoms with van der Waals surface area (Å²) in [6.07, 6.45) is 7.92. The molecule has 4 rings (SSSR count). The molecule has 1 unspecified atom stereocenters. The van der Waals surface area contributed by atoms with Gasteiger partial charge >= 0.3 is 0 Å². The molecule has 2 fully saturated rings. The third kappa shape index (κ3) is 3.30. The maximum absolute atomic E-state index is 13.1. The van der Waals surface area contributed by atoms with Gasteiger partial charge in [-0.05, 0) is 36.1 Å². The Labute approximate surface area is 150 Å². The third-order valence-electron chi connectivity index (χ3n) is 6.17. The predicted octanol–water partition coefficient (Wildman–Crippen LogP) is 4.32. The molecule has 1 aliphatic carbocycles. The van der Waals surface area contributed by atoms with Gasteiger partial charge in [0.15, 0.2) is 0 Å². The number of amides is 1. The van der Waals surface area contributed by atoms with E-state index in [4.69, 9.17) is 0 Å². The van der Waals surface area contributed by atoms with Crippen LogP contribution >= 0.6 is 0 Å². The monoisotopic (exact) mass is 336 g/mol. The van der Waals surface area contributed by atoms with Gasteiger partial charge < -0.3 is 4.90 Å². The van der Waals surface area contributed by atoms with Crippen LogP contribution in [0.1, 0.15) is 48.9 Å². The van der Waals surface area contributed by atoms with Crippen molar-refractivity contribution in [2.24, 2.45) is 0 Å². The fourth-order valence-electron chi connectivity index (χ4n) is 4.63. The number of likely N-dealkylation sites (N-methyl/N-ethyl adjacent to an activating group) is 1. The van der Waals surface area contributed by atoms with E-state index < -0.39 is 0 Å². The summed E-state index contributed by atoms with van der Waals surface area (Å²) in [6, 6.07) is 15.3. The van der Waals surface area contributed by atoms with Gasteiger partial charge in [0.05, 0.1) is 0 Å². The van der Waals surface area contributed by atoms with E-state index in [-0.39, 0.29) is 5.91 Å². The van der Waals surface area contributed by atoms with Crippen molar-refractivity contribution in [3.8, 4) is 0 Å². The molecule has 2 aliphatic rings. The maximum Gasteiger partial charge on any atom is 0.254 e. The number of carbonyl (C=O) groups is 1. The molecule has 1 heterocycles. The molecule has 0 aromatic heterocycles. The average Bonchev–Trinajstić information content (AvgIpc) is 3.17. The quantitative estimate of drug-likeness (QED) is 0.833. The fourth-order valence-corrected chi connectivity index (χ4v) is 4.63. The lowest BCUT2D eigenvalue weighted by molar-refractivity contribution is 0.0728. The van der Waals surface area contributed by atoms with E-state index in [0.29, 0.717) is 6.04 Å². The van der Waals surface area contributed by atoms with Crippen LogP contribution in [0.15, 0.2) is 42.5 Å². The van der Waals surface area contributed by atoms with Crippen LogP contribution in [0.25, 0.3) is 10.8 Å². The normalized spacial score (nSPS) is 22.4. The van der Waals surface area contributed by atoms with Crippen LogP contribution in [-0.2, 0) is 0 Å². The highest BCUT2D eigenvalue weighted by Crippen LogP contribution is 2.28. The van der Waals surface area contributed by atoms with Crippen molar-refractivity contribution >= 4 is 16.7 Å². The molecule has 25 heavy (non-hydrogen) atoms. The zero-order valence-electron chi connectivity index (χ0n) is 15.2. The molecular formula is C22H28N2O. The third-order valence-corrected chi connectivity index (χ3v) is 6.17. The van der Waals surface area contributed by atoms with Crippen molar-refractivity contribution in [3.63, 3.8) is 0 Å². The first kappa shape index (κ1) is 16.6. The standard InChI is InChI=1S/C22H28N2O/c1-23(19-14-15-24(16-19)18-10-3-2-4-11-18)22(25)21-13-7-9-17-8-5-6-12-20(17)21/h5-9,12-13,18-19H,2-4,10-11,14-16H2,1H3. The molecule has 0 radical (unpaired) electrons. The number of likely N-dealkylation sites (tertiary alicyclic amines) is 1. The largest absolute Gasteiger partial charge is 0.337 e. The zero-order chi connectivity index (χ0) is 17.2. The molecule has 2 aromatic rings. The smallest absolute Gasteiger partial charge is 0.254 e. The molecule has 1 amide bonds.